The molecule has 1 saturated heterocycles. The number of nitrogen functional groups attached to an aromatic ring is 1. The number of hydrazine groups is 1. The number of nitrogens with one attached hydrogen (secondary N) is 1. The zero-order valence-electron chi connectivity index (χ0n) is 11.0. The van der Waals surface area contributed by atoms with Crippen LogP contribution in [0, 0.1) is 5.92 Å². The summed E-state index contributed by atoms with van der Waals surface area (Å²) < 4.78 is 0. The minimum atomic E-state index is 0.119. The van der Waals surface area contributed by atoms with Gasteiger partial charge in [0, 0.05) is 24.3 Å². The molecule has 3 rings (SSSR count). The molecule has 0 bridgehead atoms. The molecule has 3 N–H and O–H groups in total. The van der Waals surface area contributed by atoms with Crippen LogP contribution in [0.4, 0.5) is 5.82 Å². The Hall–Kier alpha value is -1.62. The summed E-state index contributed by atoms with van der Waals surface area (Å²) in [7, 11) is 0. The summed E-state index contributed by atoms with van der Waals surface area (Å²) in [6, 6.07) is 3.93. The maximum absolute atomic E-state index is 12.6. The second-order valence-corrected chi connectivity index (χ2v) is 5.47. The van der Waals surface area contributed by atoms with E-state index in [9.17, 15) is 4.79 Å². The highest BCUT2D eigenvalue weighted by molar-refractivity contribution is 5.95. The minimum Gasteiger partial charge on any atom is -0.335 e. The molecule has 0 radical (unpaired) electrons. The summed E-state index contributed by atoms with van der Waals surface area (Å²) in [6.07, 6.45) is 7.78. The van der Waals surface area contributed by atoms with Crippen LogP contribution in [0.1, 0.15) is 42.5 Å². The van der Waals surface area contributed by atoms with Gasteiger partial charge in [-0.3, -0.25) is 4.79 Å². The van der Waals surface area contributed by atoms with Crippen molar-refractivity contribution in [2.75, 3.05) is 12.0 Å². The monoisotopic (exact) mass is 260 g/mol. The maximum atomic E-state index is 12.6. The van der Waals surface area contributed by atoms with Crippen LogP contribution in [0.15, 0.2) is 18.3 Å². The number of carbonyl (C=O) groups excluding carboxylic acids is 1. The van der Waals surface area contributed by atoms with E-state index < -0.39 is 0 Å². The predicted octanol–water partition coefficient (Wildman–Crippen LogP) is 1.77. The van der Waals surface area contributed by atoms with E-state index in [0.29, 0.717) is 23.3 Å². The first-order chi connectivity index (χ1) is 9.29. The Labute approximate surface area is 113 Å². The number of amides is 1. The molecule has 2 aliphatic rings. The molecular formula is C14H20N4O. The third kappa shape index (κ3) is 2.30. The number of hydrogen-bond acceptors (Lipinski definition) is 4. The fourth-order valence-corrected chi connectivity index (χ4v) is 3.47. The number of aromatic nitrogens is 1. The molecule has 2 heterocycles. The van der Waals surface area contributed by atoms with Crippen LogP contribution in [0.25, 0.3) is 0 Å². The second kappa shape index (κ2) is 5.17. The smallest absolute Gasteiger partial charge is 0.254 e. The molecular weight excluding hydrogens is 240 g/mol. The lowest BCUT2D eigenvalue weighted by atomic mass is 9.85. The van der Waals surface area contributed by atoms with Crippen molar-refractivity contribution in [1.82, 2.24) is 9.88 Å². The van der Waals surface area contributed by atoms with E-state index in [1.807, 2.05) is 0 Å². The first-order valence-corrected chi connectivity index (χ1v) is 7.03. The molecule has 5 nitrogen and oxygen atoms in total. The molecule has 5 heteroatoms. The van der Waals surface area contributed by atoms with Gasteiger partial charge >= 0.3 is 0 Å². The van der Waals surface area contributed by atoms with Crippen molar-refractivity contribution in [2.45, 2.75) is 38.1 Å². The van der Waals surface area contributed by atoms with Gasteiger partial charge < -0.3 is 10.3 Å². The summed E-state index contributed by atoms with van der Waals surface area (Å²) in [5, 5.41) is 0. The first kappa shape index (κ1) is 12.4. The maximum Gasteiger partial charge on any atom is 0.254 e. The SMILES string of the molecule is NNc1cc(C(=O)N2CCC3CCCCC32)ccn1. The lowest BCUT2D eigenvalue weighted by molar-refractivity contribution is 0.0690. The van der Waals surface area contributed by atoms with Gasteiger partial charge in [0.15, 0.2) is 0 Å². The zero-order valence-corrected chi connectivity index (χ0v) is 11.0. The molecule has 0 spiro atoms. The van der Waals surface area contributed by atoms with Crippen LogP contribution >= 0.6 is 0 Å². The third-order valence-corrected chi connectivity index (χ3v) is 4.43. The molecule has 19 heavy (non-hydrogen) atoms. The van der Waals surface area contributed by atoms with E-state index in [2.05, 4.69) is 15.3 Å². The van der Waals surface area contributed by atoms with Gasteiger partial charge in [-0.05, 0) is 37.3 Å². The number of nitrogens with two attached hydrogens (primary N) is 1. The zero-order chi connectivity index (χ0) is 13.2. The van der Waals surface area contributed by atoms with E-state index in [1.165, 1.54) is 19.3 Å². The standard InChI is InChI=1S/C14H20N4O/c15-17-13-9-11(5-7-16-13)14(19)18-8-6-10-3-1-2-4-12(10)18/h5,7,9-10,12H,1-4,6,8,15H2,(H,16,17). The van der Waals surface area contributed by atoms with Crippen molar-refractivity contribution in [3.8, 4) is 0 Å². The quantitative estimate of drug-likeness (QED) is 0.628. The molecule has 1 aromatic heterocycles. The van der Waals surface area contributed by atoms with Crippen molar-refractivity contribution < 1.29 is 4.79 Å². The van der Waals surface area contributed by atoms with Gasteiger partial charge in [0.1, 0.15) is 5.82 Å². The Bertz CT molecular complexity index is 476. The van der Waals surface area contributed by atoms with Crippen LogP contribution in [-0.4, -0.2) is 28.4 Å². The third-order valence-electron chi connectivity index (χ3n) is 4.43. The number of carbonyl (C=O) groups is 1. The van der Waals surface area contributed by atoms with Gasteiger partial charge in [0.25, 0.3) is 5.91 Å². The summed E-state index contributed by atoms with van der Waals surface area (Å²) in [5.41, 5.74) is 3.16. The molecule has 1 aromatic rings. The van der Waals surface area contributed by atoms with Crippen LogP contribution in [0.5, 0.6) is 0 Å². The molecule has 1 saturated carbocycles. The lowest BCUT2D eigenvalue weighted by Crippen LogP contribution is -2.39. The van der Waals surface area contributed by atoms with Gasteiger partial charge in [-0.2, -0.15) is 0 Å². The average Bonchev–Trinajstić information content (AvgIpc) is 2.90. The van der Waals surface area contributed by atoms with E-state index in [4.69, 9.17) is 5.84 Å². The van der Waals surface area contributed by atoms with Crippen molar-refractivity contribution in [3.63, 3.8) is 0 Å². The van der Waals surface area contributed by atoms with E-state index in [1.54, 1.807) is 18.3 Å². The van der Waals surface area contributed by atoms with Crippen molar-refractivity contribution >= 4 is 11.7 Å². The Morgan fingerprint density at radius 1 is 1.37 bits per heavy atom. The predicted molar refractivity (Wildman–Crippen MR) is 73.4 cm³/mol. The molecule has 1 aliphatic heterocycles. The molecule has 0 aromatic carbocycles. The van der Waals surface area contributed by atoms with Crippen LogP contribution in [0.3, 0.4) is 0 Å². The summed E-state index contributed by atoms with van der Waals surface area (Å²) in [5.74, 6) is 6.71. The van der Waals surface area contributed by atoms with Crippen molar-refractivity contribution in [3.05, 3.63) is 23.9 Å². The fourth-order valence-electron chi connectivity index (χ4n) is 3.47. The minimum absolute atomic E-state index is 0.119. The highest BCUT2D eigenvalue weighted by Crippen LogP contribution is 2.36. The number of rotatable bonds is 2. The van der Waals surface area contributed by atoms with Crippen LogP contribution in [-0.2, 0) is 0 Å². The van der Waals surface area contributed by atoms with E-state index >= 15 is 0 Å². The summed E-state index contributed by atoms with van der Waals surface area (Å²) in [4.78, 5) is 18.7. The Morgan fingerprint density at radius 2 is 2.21 bits per heavy atom. The first-order valence-electron chi connectivity index (χ1n) is 7.03. The number of anilines is 1. The van der Waals surface area contributed by atoms with Gasteiger partial charge in [-0.1, -0.05) is 12.8 Å². The van der Waals surface area contributed by atoms with Gasteiger partial charge in [0.05, 0.1) is 0 Å². The number of hydrogen-bond donors (Lipinski definition) is 2. The number of nitrogens with zero attached hydrogens (tertiary/aromatic N) is 2. The van der Waals surface area contributed by atoms with Crippen LogP contribution < -0.4 is 11.3 Å². The average molecular weight is 260 g/mol. The normalized spacial score (nSPS) is 26.1. The largest absolute Gasteiger partial charge is 0.335 e. The Morgan fingerprint density at radius 3 is 3.05 bits per heavy atom. The van der Waals surface area contributed by atoms with Crippen molar-refractivity contribution in [1.29, 1.82) is 0 Å². The molecule has 102 valence electrons. The fraction of sp³-hybridized carbons (Fsp3) is 0.571. The Balaban J connectivity index is 1.79. The van der Waals surface area contributed by atoms with Gasteiger partial charge in [0.2, 0.25) is 0 Å². The topological polar surface area (TPSA) is 71.2 Å². The number of likely N-dealkylation sites (tertiary alicyclic amines) is 1. The molecule has 2 atom stereocenters. The summed E-state index contributed by atoms with van der Waals surface area (Å²) >= 11 is 0. The second-order valence-electron chi connectivity index (χ2n) is 5.47. The number of pyridine rings is 1. The highest BCUT2D eigenvalue weighted by atomic mass is 16.2. The molecule has 1 aliphatic carbocycles. The Kier molecular flexibility index (Phi) is 3.38. The highest BCUT2D eigenvalue weighted by Gasteiger charge is 2.38. The molecule has 1 amide bonds. The molecule has 2 fully saturated rings. The lowest BCUT2D eigenvalue weighted by Gasteiger charge is -2.31. The summed E-state index contributed by atoms with van der Waals surface area (Å²) in [6.45, 7) is 0.891. The molecule has 2 unspecified atom stereocenters. The van der Waals surface area contributed by atoms with Crippen molar-refractivity contribution in [2.24, 2.45) is 11.8 Å². The van der Waals surface area contributed by atoms with E-state index in [0.717, 1.165) is 19.4 Å². The van der Waals surface area contributed by atoms with Gasteiger partial charge in [-0.25, -0.2) is 10.8 Å². The van der Waals surface area contributed by atoms with Crippen LogP contribution in [0.2, 0.25) is 0 Å². The van der Waals surface area contributed by atoms with E-state index in [-0.39, 0.29) is 5.91 Å². The number of fused-ring (bicyclic) bond motifs is 1. The van der Waals surface area contributed by atoms with Gasteiger partial charge in [-0.15, -0.1) is 0 Å².